The number of anilines is 1. The highest BCUT2D eigenvalue weighted by Crippen LogP contribution is 2.24. The van der Waals surface area contributed by atoms with Gasteiger partial charge in [0.1, 0.15) is 0 Å². The molecular formula is C15H16N2OS. The topological polar surface area (TPSA) is 46.3 Å². The minimum Gasteiger partial charge on any atom is -0.398 e. The molecule has 0 bridgehead atoms. The van der Waals surface area contributed by atoms with Crippen molar-refractivity contribution in [3.8, 4) is 0 Å². The molecule has 1 aliphatic heterocycles. The summed E-state index contributed by atoms with van der Waals surface area (Å²) in [4.78, 5) is 14.4. The van der Waals surface area contributed by atoms with Crippen molar-refractivity contribution >= 4 is 34.1 Å². The molecule has 0 radical (unpaired) electrons. The normalized spacial score (nSPS) is 15.7. The van der Waals surface area contributed by atoms with E-state index in [2.05, 4.69) is 0 Å². The van der Waals surface area contributed by atoms with Gasteiger partial charge in [-0.1, -0.05) is 24.3 Å². The van der Waals surface area contributed by atoms with E-state index in [-0.39, 0.29) is 5.91 Å². The lowest BCUT2D eigenvalue weighted by Gasteiger charge is -2.27. The fourth-order valence-corrected chi connectivity index (χ4v) is 3.28. The molecule has 1 aliphatic rings. The summed E-state index contributed by atoms with van der Waals surface area (Å²) >= 11 is 1.89. The van der Waals surface area contributed by atoms with Crippen LogP contribution in [0.5, 0.6) is 0 Å². The van der Waals surface area contributed by atoms with Crippen LogP contribution in [0.3, 0.4) is 0 Å². The maximum Gasteiger partial charge on any atom is 0.256 e. The minimum absolute atomic E-state index is 0.0588. The number of hydrogen-bond acceptors (Lipinski definition) is 3. The fraction of sp³-hybridized carbons (Fsp3) is 0.267. The summed E-state index contributed by atoms with van der Waals surface area (Å²) in [6.07, 6.45) is 0. The molecule has 1 heterocycles. The number of amides is 1. The Morgan fingerprint density at radius 1 is 1.11 bits per heavy atom. The van der Waals surface area contributed by atoms with Gasteiger partial charge in [-0.25, -0.2) is 0 Å². The second-order valence-corrected chi connectivity index (χ2v) is 5.92. The van der Waals surface area contributed by atoms with Crippen LogP contribution in [-0.4, -0.2) is 35.4 Å². The Balaban J connectivity index is 1.99. The van der Waals surface area contributed by atoms with Crippen molar-refractivity contribution in [3.63, 3.8) is 0 Å². The second-order valence-electron chi connectivity index (χ2n) is 4.69. The lowest BCUT2D eigenvalue weighted by Crippen LogP contribution is -2.38. The molecule has 2 aromatic carbocycles. The van der Waals surface area contributed by atoms with Crippen LogP contribution in [0.2, 0.25) is 0 Å². The Kier molecular flexibility index (Phi) is 3.34. The van der Waals surface area contributed by atoms with Crippen LogP contribution in [0.25, 0.3) is 10.8 Å². The molecule has 1 amide bonds. The van der Waals surface area contributed by atoms with Crippen molar-refractivity contribution in [1.82, 2.24) is 4.90 Å². The van der Waals surface area contributed by atoms with Crippen LogP contribution in [0.4, 0.5) is 5.69 Å². The van der Waals surface area contributed by atoms with Crippen LogP contribution in [0.1, 0.15) is 10.4 Å². The number of fused-ring (bicyclic) bond motifs is 1. The zero-order chi connectivity index (χ0) is 13.2. The van der Waals surface area contributed by atoms with E-state index in [1.807, 2.05) is 53.1 Å². The Labute approximate surface area is 116 Å². The molecule has 3 rings (SSSR count). The van der Waals surface area contributed by atoms with Crippen LogP contribution in [0.15, 0.2) is 36.4 Å². The molecule has 98 valence electrons. The van der Waals surface area contributed by atoms with E-state index >= 15 is 0 Å². The molecular weight excluding hydrogens is 256 g/mol. The maximum absolute atomic E-state index is 12.5. The highest BCUT2D eigenvalue weighted by atomic mass is 32.2. The van der Waals surface area contributed by atoms with Crippen molar-refractivity contribution in [2.24, 2.45) is 0 Å². The van der Waals surface area contributed by atoms with Gasteiger partial charge in [0.05, 0.1) is 5.56 Å². The van der Waals surface area contributed by atoms with Gasteiger partial charge in [-0.2, -0.15) is 11.8 Å². The standard InChI is InChI=1S/C15H16N2OS/c16-14-10-12-4-2-1-3-11(12)9-13(14)15(18)17-5-7-19-8-6-17/h1-4,9-10H,5-8,16H2. The summed E-state index contributed by atoms with van der Waals surface area (Å²) in [5.74, 6) is 2.09. The predicted octanol–water partition coefficient (Wildman–Crippen LogP) is 2.61. The van der Waals surface area contributed by atoms with Gasteiger partial charge in [-0.3, -0.25) is 4.79 Å². The molecule has 0 atom stereocenters. The van der Waals surface area contributed by atoms with Gasteiger partial charge in [0, 0.05) is 30.3 Å². The number of rotatable bonds is 1. The third kappa shape index (κ3) is 2.40. The highest BCUT2D eigenvalue weighted by molar-refractivity contribution is 7.99. The second kappa shape index (κ2) is 5.13. The summed E-state index contributed by atoms with van der Waals surface area (Å²) < 4.78 is 0. The van der Waals surface area contributed by atoms with E-state index in [9.17, 15) is 4.79 Å². The highest BCUT2D eigenvalue weighted by Gasteiger charge is 2.20. The van der Waals surface area contributed by atoms with Gasteiger partial charge in [-0.05, 0) is 22.9 Å². The van der Waals surface area contributed by atoms with Crippen molar-refractivity contribution in [2.75, 3.05) is 30.3 Å². The Morgan fingerprint density at radius 3 is 2.42 bits per heavy atom. The number of benzene rings is 2. The number of carbonyl (C=O) groups is 1. The van der Waals surface area contributed by atoms with Gasteiger partial charge in [0.15, 0.2) is 0 Å². The van der Waals surface area contributed by atoms with E-state index in [4.69, 9.17) is 5.73 Å². The summed E-state index contributed by atoms with van der Waals surface area (Å²) in [6.45, 7) is 1.63. The zero-order valence-electron chi connectivity index (χ0n) is 10.6. The Hall–Kier alpha value is -1.68. The lowest BCUT2D eigenvalue weighted by molar-refractivity contribution is 0.0773. The summed E-state index contributed by atoms with van der Waals surface area (Å²) in [5.41, 5.74) is 7.24. The van der Waals surface area contributed by atoms with Gasteiger partial charge >= 0.3 is 0 Å². The number of nitrogen functional groups attached to an aromatic ring is 1. The molecule has 0 saturated carbocycles. The molecule has 3 nitrogen and oxygen atoms in total. The lowest BCUT2D eigenvalue weighted by atomic mass is 10.0. The van der Waals surface area contributed by atoms with Crippen molar-refractivity contribution in [1.29, 1.82) is 0 Å². The molecule has 0 aliphatic carbocycles. The molecule has 1 saturated heterocycles. The molecule has 4 heteroatoms. The SMILES string of the molecule is Nc1cc2ccccc2cc1C(=O)N1CCSCC1. The van der Waals surface area contributed by atoms with E-state index < -0.39 is 0 Å². The number of nitrogens with two attached hydrogens (primary N) is 1. The molecule has 2 N–H and O–H groups in total. The van der Waals surface area contributed by atoms with Crippen LogP contribution >= 0.6 is 11.8 Å². The zero-order valence-corrected chi connectivity index (χ0v) is 11.5. The van der Waals surface area contributed by atoms with Crippen molar-refractivity contribution < 1.29 is 4.79 Å². The molecule has 0 aromatic heterocycles. The number of nitrogens with zero attached hydrogens (tertiary/aromatic N) is 1. The van der Waals surface area contributed by atoms with E-state index in [0.717, 1.165) is 35.4 Å². The third-order valence-corrected chi connectivity index (χ3v) is 4.39. The first-order valence-corrected chi connectivity index (χ1v) is 7.56. The average Bonchev–Trinajstić information content (AvgIpc) is 2.47. The first-order chi connectivity index (χ1) is 9.25. The predicted molar refractivity (Wildman–Crippen MR) is 81.6 cm³/mol. The van der Waals surface area contributed by atoms with Crippen LogP contribution in [0, 0.1) is 0 Å². The molecule has 2 aromatic rings. The smallest absolute Gasteiger partial charge is 0.256 e. The third-order valence-electron chi connectivity index (χ3n) is 3.45. The Bertz CT molecular complexity index is 621. The van der Waals surface area contributed by atoms with E-state index in [1.165, 1.54) is 0 Å². The monoisotopic (exact) mass is 272 g/mol. The first-order valence-electron chi connectivity index (χ1n) is 6.41. The summed E-state index contributed by atoms with van der Waals surface area (Å²) in [5, 5.41) is 2.14. The van der Waals surface area contributed by atoms with Gasteiger partial charge < -0.3 is 10.6 Å². The van der Waals surface area contributed by atoms with Gasteiger partial charge in [-0.15, -0.1) is 0 Å². The number of hydrogen-bond donors (Lipinski definition) is 1. The maximum atomic E-state index is 12.5. The molecule has 1 fully saturated rings. The summed E-state index contributed by atoms with van der Waals surface area (Å²) in [6, 6.07) is 11.8. The number of carbonyl (C=O) groups excluding carboxylic acids is 1. The fourth-order valence-electron chi connectivity index (χ4n) is 2.38. The van der Waals surface area contributed by atoms with Gasteiger partial charge in [0.25, 0.3) is 5.91 Å². The summed E-state index contributed by atoms with van der Waals surface area (Å²) in [7, 11) is 0. The number of thioether (sulfide) groups is 1. The van der Waals surface area contributed by atoms with Crippen molar-refractivity contribution in [3.05, 3.63) is 42.0 Å². The van der Waals surface area contributed by atoms with E-state index in [1.54, 1.807) is 0 Å². The first kappa shape index (κ1) is 12.4. The van der Waals surface area contributed by atoms with Crippen LogP contribution < -0.4 is 5.73 Å². The molecule has 0 spiro atoms. The van der Waals surface area contributed by atoms with Gasteiger partial charge in [0.2, 0.25) is 0 Å². The molecule has 0 unspecified atom stereocenters. The van der Waals surface area contributed by atoms with Crippen LogP contribution in [-0.2, 0) is 0 Å². The minimum atomic E-state index is 0.0588. The largest absolute Gasteiger partial charge is 0.398 e. The average molecular weight is 272 g/mol. The Morgan fingerprint density at radius 2 is 1.74 bits per heavy atom. The quantitative estimate of drug-likeness (QED) is 0.812. The molecule has 19 heavy (non-hydrogen) atoms. The van der Waals surface area contributed by atoms with Crippen molar-refractivity contribution in [2.45, 2.75) is 0 Å². The van der Waals surface area contributed by atoms with E-state index in [0.29, 0.717) is 11.3 Å².